The molecule has 1 saturated carbocycles. The second-order valence-electron chi connectivity index (χ2n) is 8.95. The van der Waals surface area contributed by atoms with Crippen LogP contribution >= 0.6 is 15.9 Å². The smallest absolute Gasteiger partial charge is 0.274 e. The summed E-state index contributed by atoms with van der Waals surface area (Å²) in [6, 6.07) is 24.4. The SMILES string of the molecule is O=C1[C@H]2[C@H](C(=O)N1c1ccc(Br)cc1[N+](=O)[O-])[C@H]1C=C[C@@H]2C1=C(c1ccccc1)c1ccccc1. The monoisotopic (exact) mass is 526 g/mol. The Morgan fingerprint density at radius 1 is 0.800 bits per heavy atom. The molecule has 6 rings (SSSR count). The molecule has 0 spiro atoms. The molecule has 0 radical (unpaired) electrons. The molecule has 1 heterocycles. The number of amides is 2. The number of carbonyl (C=O) groups excluding carboxylic acids is 2. The fourth-order valence-electron chi connectivity index (χ4n) is 5.88. The van der Waals surface area contributed by atoms with Gasteiger partial charge >= 0.3 is 0 Å². The molecule has 2 amide bonds. The van der Waals surface area contributed by atoms with E-state index in [0.29, 0.717) is 4.47 Å². The van der Waals surface area contributed by atoms with Gasteiger partial charge < -0.3 is 0 Å². The van der Waals surface area contributed by atoms with Crippen molar-refractivity contribution < 1.29 is 14.5 Å². The van der Waals surface area contributed by atoms with Crippen LogP contribution in [0.1, 0.15) is 11.1 Å². The van der Waals surface area contributed by atoms with Crippen LogP contribution in [-0.4, -0.2) is 16.7 Å². The lowest BCUT2D eigenvalue weighted by Crippen LogP contribution is -2.33. The van der Waals surface area contributed by atoms with Crippen molar-refractivity contribution in [3.8, 4) is 0 Å². The summed E-state index contributed by atoms with van der Waals surface area (Å²) in [5.41, 5.74) is 3.94. The van der Waals surface area contributed by atoms with E-state index in [1.54, 1.807) is 6.07 Å². The van der Waals surface area contributed by atoms with Gasteiger partial charge in [0.2, 0.25) is 11.8 Å². The first-order chi connectivity index (χ1) is 17.0. The maximum atomic E-state index is 13.7. The van der Waals surface area contributed by atoms with Gasteiger partial charge in [0.1, 0.15) is 5.69 Å². The molecule has 35 heavy (non-hydrogen) atoms. The van der Waals surface area contributed by atoms with Crippen LogP contribution in [-0.2, 0) is 9.59 Å². The molecule has 3 aromatic rings. The van der Waals surface area contributed by atoms with Crippen molar-refractivity contribution in [2.45, 2.75) is 0 Å². The largest absolute Gasteiger partial charge is 0.294 e. The average Bonchev–Trinajstić information content (AvgIpc) is 3.50. The van der Waals surface area contributed by atoms with Gasteiger partial charge in [-0.15, -0.1) is 0 Å². The van der Waals surface area contributed by atoms with Crippen LogP contribution in [0.25, 0.3) is 5.57 Å². The Kier molecular flexibility index (Phi) is 5.04. The van der Waals surface area contributed by atoms with Crippen molar-refractivity contribution in [3.05, 3.63) is 122 Å². The summed E-state index contributed by atoms with van der Waals surface area (Å²) < 4.78 is 0.509. The molecule has 6 nitrogen and oxygen atoms in total. The number of nitrogens with zero attached hydrogens (tertiary/aromatic N) is 2. The van der Waals surface area contributed by atoms with E-state index < -0.39 is 16.8 Å². The number of carbonyl (C=O) groups is 2. The van der Waals surface area contributed by atoms with Crippen molar-refractivity contribution in [3.63, 3.8) is 0 Å². The van der Waals surface area contributed by atoms with Crippen LogP contribution in [0, 0.1) is 33.8 Å². The molecular weight excluding hydrogens is 508 g/mol. The third kappa shape index (κ3) is 3.22. The van der Waals surface area contributed by atoms with Crippen LogP contribution < -0.4 is 4.90 Å². The van der Waals surface area contributed by atoms with Crippen molar-refractivity contribution in [1.29, 1.82) is 0 Å². The number of nitro groups is 1. The molecule has 0 aromatic heterocycles. The fraction of sp³-hybridized carbons (Fsp3) is 0.143. The van der Waals surface area contributed by atoms with E-state index >= 15 is 0 Å². The Bertz CT molecular complexity index is 1370. The molecule has 2 aliphatic carbocycles. The quantitative estimate of drug-likeness (QED) is 0.187. The first kappa shape index (κ1) is 21.7. The molecule has 1 aliphatic heterocycles. The van der Waals surface area contributed by atoms with Crippen molar-refractivity contribution in [2.75, 3.05) is 4.90 Å². The number of allylic oxidation sites excluding steroid dienone is 3. The predicted octanol–water partition coefficient (Wildman–Crippen LogP) is 5.78. The van der Waals surface area contributed by atoms with Gasteiger partial charge in [-0.1, -0.05) is 88.7 Å². The van der Waals surface area contributed by atoms with E-state index in [-0.39, 0.29) is 35.0 Å². The Balaban J connectivity index is 1.49. The summed E-state index contributed by atoms with van der Waals surface area (Å²) in [5, 5.41) is 11.7. The number of hydrogen-bond acceptors (Lipinski definition) is 4. The lowest BCUT2D eigenvalue weighted by Gasteiger charge is -2.21. The highest BCUT2D eigenvalue weighted by Gasteiger charge is 2.63. The fourth-order valence-corrected chi connectivity index (χ4v) is 6.22. The summed E-state index contributed by atoms with van der Waals surface area (Å²) in [4.78, 5) is 39.6. The second-order valence-corrected chi connectivity index (χ2v) is 9.87. The van der Waals surface area contributed by atoms with Gasteiger partial charge in [0.05, 0.1) is 16.8 Å². The van der Waals surface area contributed by atoms with Crippen LogP contribution in [0.2, 0.25) is 0 Å². The number of anilines is 1. The number of nitro benzene ring substituents is 1. The Morgan fingerprint density at radius 2 is 1.31 bits per heavy atom. The molecule has 3 aromatic carbocycles. The lowest BCUT2D eigenvalue weighted by atomic mass is 9.85. The average molecular weight is 527 g/mol. The minimum atomic E-state index is -0.571. The Morgan fingerprint density at radius 3 is 1.80 bits per heavy atom. The van der Waals surface area contributed by atoms with Gasteiger partial charge in [-0.2, -0.15) is 0 Å². The summed E-state index contributed by atoms with van der Waals surface area (Å²) in [6.45, 7) is 0. The maximum absolute atomic E-state index is 13.7. The van der Waals surface area contributed by atoms with E-state index in [2.05, 4.69) is 15.9 Å². The first-order valence-electron chi connectivity index (χ1n) is 11.3. The molecule has 172 valence electrons. The van der Waals surface area contributed by atoms with E-state index in [1.807, 2.05) is 72.8 Å². The zero-order chi connectivity index (χ0) is 24.3. The number of hydrogen-bond donors (Lipinski definition) is 0. The highest BCUT2D eigenvalue weighted by Crippen LogP contribution is 2.59. The zero-order valence-electron chi connectivity index (χ0n) is 18.4. The van der Waals surface area contributed by atoms with E-state index in [9.17, 15) is 19.7 Å². The van der Waals surface area contributed by atoms with Gasteiger partial charge in [-0.3, -0.25) is 19.7 Å². The highest BCUT2D eigenvalue weighted by atomic mass is 79.9. The van der Waals surface area contributed by atoms with Gasteiger partial charge in [0.15, 0.2) is 0 Å². The van der Waals surface area contributed by atoms with Crippen LogP contribution in [0.3, 0.4) is 0 Å². The molecule has 3 aliphatic rings. The van der Waals surface area contributed by atoms with Crippen molar-refractivity contribution in [2.24, 2.45) is 23.7 Å². The van der Waals surface area contributed by atoms with Gasteiger partial charge in [0, 0.05) is 22.4 Å². The molecule has 2 fully saturated rings. The molecule has 0 unspecified atom stereocenters. The topological polar surface area (TPSA) is 80.5 Å². The highest BCUT2D eigenvalue weighted by molar-refractivity contribution is 9.10. The second kappa shape index (κ2) is 8.13. The van der Waals surface area contributed by atoms with E-state index in [4.69, 9.17) is 0 Å². The molecular formula is C28H19BrN2O4. The number of benzene rings is 3. The minimum absolute atomic E-state index is 0.0267. The van der Waals surface area contributed by atoms with Gasteiger partial charge in [0.25, 0.3) is 5.69 Å². The summed E-state index contributed by atoms with van der Waals surface area (Å²) >= 11 is 3.24. The number of imide groups is 1. The van der Waals surface area contributed by atoms with Crippen LogP contribution in [0.15, 0.2) is 101 Å². The zero-order valence-corrected chi connectivity index (χ0v) is 20.0. The minimum Gasteiger partial charge on any atom is -0.274 e. The van der Waals surface area contributed by atoms with Gasteiger partial charge in [-0.25, -0.2) is 4.90 Å². The first-order valence-corrected chi connectivity index (χ1v) is 12.1. The maximum Gasteiger partial charge on any atom is 0.294 e. The number of fused-ring (bicyclic) bond motifs is 5. The Hall–Kier alpha value is -3.84. The third-order valence-electron chi connectivity index (χ3n) is 7.20. The predicted molar refractivity (Wildman–Crippen MR) is 135 cm³/mol. The number of halogens is 1. The van der Waals surface area contributed by atoms with Crippen molar-refractivity contribution >= 4 is 44.7 Å². The molecule has 0 N–H and O–H groups in total. The van der Waals surface area contributed by atoms with E-state index in [1.165, 1.54) is 12.1 Å². The van der Waals surface area contributed by atoms with Crippen LogP contribution in [0.5, 0.6) is 0 Å². The summed E-state index contributed by atoms with van der Waals surface area (Å²) in [7, 11) is 0. The van der Waals surface area contributed by atoms with Gasteiger partial charge in [-0.05, 0) is 34.4 Å². The summed E-state index contributed by atoms with van der Waals surface area (Å²) in [5.74, 6) is -2.37. The molecule has 2 bridgehead atoms. The van der Waals surface area contributed by atoms with E-state index in [0.717, 1.165) is 27.2 Å². The Labute approximate surface area is 209 Å². The standard InChI is InChI=1S/C28H19BrN2O4/c29-18-11-14-21(22(15-18)31(34)35)30-27(32)25-19-12-13-20(26(25)28(30)33)24(19)23(16-7-3-1-4-8-16)17-9-5-2-6-10-17/h1-15,19-20,25-26H/t19-,20+,25-,26-/m1/s1. The summed E-state index contributed by atoms with van der Waals surface area (Å²) in [6.07, 6.45) is 4.05. The van der Waals surface area contributed by atoms with Crippen LogP contribution in [0.4, 0.5) is 11.4 Å². The third-order valence-corrected chi connectivity index (χ3v) is 7.70. The lowest BCUT2D eigenvalue weighted by molar-refractivity contribution is -0.384. The van der Waals surface area contributed by atoms with Crippen molar-refractivity contribution in [1.82, 2.24) is 0 Å². The molecule has 4 atom stereocenters. The number of rotatable bonds is 4. The normalized spacial score (nSPS) is 24.3. The molecule has 7 heteroatoms. The molecule has 1 saturated heterocycles.